The molecule has 2 fully saturated rings. The van der Waals surface area contributed by atoms with Gasteiger partial charge in [0.1, 0.15) is 11.6 Å². The molecule has 1 atom stereocenters. The molecular weight excluding hydrogens is 373 g/mol. The lowest BCUT2D eigenvalue weighted by molar-refractivity contribution is -0.122. The molecule has 0 spiro atoms. The van der Waals surface area contributed by atoms with E-state index in [-0.39, 0.29) is 30.7 Å². The van der Waals surface area contributed by atoms with Crippen LogP contribution in [0.25, 0.3) is 0 Å². The van der Waals surface area contributed by atoms with Crippen molar-refractivity contribution in [2.75, 3.05) is 31.1 Å². The number of piperidine rings is 1. The van der Waals surface area contributed by atoms with E-state index >= 15 is 0 Å². The number of aryl methyl sites for hydroxylation is 2. The highest BCUT2D eigenvalue weighted by Crippen LogP contribution is 2.19. The van der Waals surface area contributed by atoms with Crippen molar-refractivity contribution in [2.45, 2.75) is 52.0 Å². The van der Waals surface area contributed by atoms with Gasteiger partial charge in [-0.1, -0.05) is 0 Å². The van der Waals surface area contributed by atoms with Gasteiger partial charge in [0.15, 0.2) is 0 Å². The van der Waals surface area contributed by atoms with E-state index in [1.54, 1.807) is 0 Å². The first kappa shape index (κ1) is 22.9. The quantitative estimate of drug-likeness (QED) is 0.789. The monoisotopic (exact) mass is 403 g/mol. The number of hydrogen-bond acceptors (Lipinski definition) is 5. The fourth-order valence-electron chi connectivity index (χ4n) is 3.71. The van der Waals surface area contributed by atoms with Crippen molar-refractivity contribution < 1.29 is 4.79 Å². The molecule has 6 nitrogen and oxygen atoms in total. The molecule has 0 aromatic carbocycles. The third kappa shape index (κ3) is 6.56. The summed E-state index contributed by atoms with van der Waals surface area (Å²) >= 11 is 0. The maximum atomic E-state index is 12.1. The molecule has 0 aliphatic carbocycles. The van der Waals surface area contributed by atoms with E-state index in [9.17, 15) is 4.79 Å². The number of carbonyl (C=O) groups is 1. The van der Waals surface area contributed by atoms with E-state index in [2.05, 4.69) is 25.5 Å². The van der Waals surface area contributed by atoms with Crippen LogP contribution in [0.3, 0.4) is 0 Å². The van der Waals surface area contributed by atoms with Crippen LogP contribution in [0.2, 0.25) is 0 Å². The fourth-order valence-corrected chi connectivity index (χ4v) is 3.71. The molecule has 3 rings (SSSR count). The second-order valence-electron chi connectivity index (χ2n) is 7.14. The van der Waals surface area contributed by atoms with Crippen LogP contribution in [-0.2, 0) is 4.79 Å². The van der Waals surface area contributed by atoms with Crippen molar-refractivity contribution in [3.05, 3.63) is 17.6 Å². The first-order valence-corrected chi connectivity index (χ1v) is 9.17. The van der Waals surface area contributed by atoms with Gasteiger partial charge in [-0.2, -0.15) is 0 Å². The number of aromatic nitrogens is 2. The van der Waals surface area contributed by atoms with Crippen molar-refractivity contribution >= 4 is 36.5 Å². The van der Waals surface area contributed by atoms with Crippen LogP contribution in [0, 0.1) is 19.8 Å². The average Bonchev–Trinajstić information content (AvgIpc) is 3.06. The summed E-state index contributed by atoms with van der Waals surface area (Å²) in [5, 5.41) is 6.58. The number of nitrogens with zero attached hydrogens (tertiary/aromatic N) is 3. The highest BCUT2D eigenvalue weighted by Gasteiger charge is 2.22. The van der Waals surface area contributed by atoms with E-state index in [0.29, 0.717) is 18.4 Å². The SMILES string of the molecule is Cc1cc(N2CCC(NC(=O)CCC3CCNC3)CC2)nc(C)n1.Cl.Cl. The molecule has 3 heterocycles. The Bertz CT molecular complexity index is 552. The Morgan fingerprint density at radius 3 is 2.58 bits per heavy atom. The van der Waals surface area contributed by atoms with Crippen LogP contribution in [0.5, 0.6) is 0 Å². The molecular formula is C18H31Cl2N5O. The minimum atomic E-state index is 0. The molecule has 0 radical (unpaired) electrons. The van der Waals surface area contributed by atoms with Gasteiger partial charge in [0, 0.05) is 37.3 Å². The Kier molecular flexibility index (Phi) is 9.61. The number of anilines is 1. The first-order valence-electron chi connectivity index (χ1n) is 9.17. The van der Waals surface area contributed by atoms with Crippen LogP contribution in [0.15, 0.2) is 6.07 Å². The summed E-state index contributed by atoms with van der Waals surface area (Å²) < 4.78 is 0. The second-order valence-corrected chi connectivity index (χ2v) is 7.14. The molecule has 2 N–H and O–H groups in total. The number of nitrogens with one attached hydrogen (secondary N) is 2. The maximum Gasteiger partial charge on any atom is 0.220 e. The summed E-state index contributed by atoms with van der Waals surface area (Å²) in [6, 6.07) is 2.35. The summed E-state index contributed by atoms with van der Waals surface area (Å²) in [5.74, 6) is 2.73. The van der Waals surface area contributed by atoms with Gasteiger partial charge in [-0.15, -0.1) is 24.8 Å². The van der Waals surface area contributed by atoms with Crippen LogP contribution in [0.4, 0.5) is 5.82 Å². The van der Waals surface area contributed by atoms with Crippen LogP contribution >= 0.6 is 24.8 Å². The van der Waals surface area contributed by atoms with Gasteiger partial charge in [0.2, 0.25) is 5.91 Å². The minimum absolute atomic E-state index is 0. The standard InChI is InChI=1S/C18H29N5O.2ClH/c1-13-11-17(21-14(2)20-13)23-9-6-16(7-10-23)22-18(24)4-3-15-5-8-19-12-15;;/h11,15-16,19H,3-10,12H2,1-2H3,(H,22,24);2*1H. The molecule has 1 aromatic rings. The Labute approximate surface area is 168 Å². The molecule has 148 valence electrons. The molecule has 2 aliphatic rings. The highest BCUT2D eigenvalue weighted by atomic mass is 35.5. The largest absolute Gasteiger partial charge is 0.356 e. The molecule has 2 aliphatic heterocycles. The van der Waals surface area contributed by atoms with Crippen LogP contribution in [-0.4, -0.2) is 48.1 Å². The first-order chi connectivity index (χ1) is 11.6. The van der Waals surface area contributed by atoms with Crippen molar-refractivity contribution in [3.8, 4) is 0 Å². The lowest BCUT2D eigenvalue weighted by Gasteiger charge is -2.33. The van der Waals surface area contributed by atoms with Gasteiger partial charge in [-0.25, -0.2) is 9.97 Å². The molecule has 0 bridgehead atoms. The van der Waals surface area contributed by atoms with Crippen molar-refractivity contribution in [1.82, 2.24) is 20.6 Å². The van der Waals surface area contributed by atoms with Gasteiger partial charge in [0.25, 0.3) is 0 Å². The summed E-state index contributed by atoms with van der Waals surface area (Å²) in [6.07, 6.45) is 4.86. The van der Waals surface area contributed by atoms with Gasteiger partial charge >= 0.3 is 0 Å². The molecule has 1 aromatic heterocycles. The molecule has 8 heteroatoms. The zero-order valence-electron chi connectivity index (χ0n) is 15.7. The van der Waals surface area contributed by atoms with Gasteiger partial charge in [0.05, 0.1) is 0 Å². The average molecular weight is 404 g/mol. The number of hydrogen-bond donors (Lipinski definition) is 2. The number of carbonyl (C=O) groups excluding carboxylic acids is 1. The van der Waals surface area contributed by atoms with Crippen molar-refractivity contribution in [3.63, 3.8) is 0 Å². The normalized spacial score (nSPS) is 20.2. The predicted molar refractivity (Wildman–Crippen MR) is 110 cm³/mol. The lowest BCUT2D eigenvalue weighted by Crippen LogP contribution is -2.45. The summed E-state index contributed by atoms with van der Waals surface area (Å²) in [7, 11) is 0. The lowest BCUT2D eigenvalue weighted by atomic mass is 10.0. The minimum Gasteiger partial charge on any atom is -0.356 e. The van der Waals surface area contributed by atoms with E-state index < -0.39 is 0 Å². The Hall–Kier alpha value is -1.11. The molecule has 0 saturated carbocycles. The van der Waals surface area contributed by atoms with Crippen LogP contribution in [0.1, 0.15) is 43.6 Å². The van der Waals surface area contributed by atoms with Gasteiger partial charge in [-0.05, 0) is 58.5 Å². The van der Waals surface area contributed by atoms with E-state index in [1.807, 2.05) is 19.9 Å². The number of amides is 1. The summed E-state index contributed by atoms with van der Waals surface area (Å²) in [4.78, 5) is 23.3. The molecule has 2 saturated heterocycles. The second kappa shape index (κ2) is 10.9. The Morgan fingerprint density at radius 1 is 1.23 bits per heavy atom. The fraction of sp³-hybridized carbons (Fsp3) is 0.722. The Balaban J connectivity index is 0.00000169. The smallest absolute Gasteiger partial charge is 0.220 e. The molecule has 1 unspecified atom stereocenters. The van der Waals surface area contributed by atoms with E-state index in [4.69, 9.17) is 0 Å². The molecule has 1 amide bonds. The maximum absolute atomic E-state index is 12.1. The number of rotatable bonds is 5. The topological polar surface area (TPSA) is 70.2 Å². The van der Waals surface area contributed by atoms with Crippen LogP contribution < -0.4 is 15.5 Å². The zero-order valence-corrected chi connectivity index (χ0v) is 17.3. The highest BCUT2D eigenvalue weighted by molar-refractivity contribution is 5.85. The van der Waals surface area contributed by atoms with E-state index in [0.717, 1.165) is 62.8 Å². The van der Waals surface area contributed by atoms with Gasteiger partial charge < -0.3 is 15.5 Å². The summed E-state index contributed by atoms with van der Waals surface area (Å²) in [5.41, 5.74) is 1.01. The zero-order chi connectivity index (χ0) is 16.9. The molecule has 26 heavy (non-hydrogen) atoms. The summed E-state index contributed by atoms with van der Waals surface area (Å²) in [6.45, 7) is 7.99. The van der Waals surface area contributed by atoms with Gasteiger partial charge in [-0.3, -0.25) is 4.79 Å². The third-order valence-electron chi connectivity index (χ3n) is 5.08. The third-order valence-corrected chi connectivity index (χ3v) is 5.08. The van der Waals surface area contributed by atoms with Crippen molar-refractivity contribution in [1.29, 1.82) is 0 Å². The predicted octanol–water partition coefficient (Wildman–Crippen LogP) is 2.41. The van der Waals surface area contributed by atoms with Crippen molar-refractivity contribution in [2.24, 2.45) is 5.92 Å². The van der Waals surface area contributed by atoms with E-state index in [1.165, 1.54) is 6.42 Å². The Morgan fingerprint density at radius 2 is 1.96 bits per heavy atom. The number of halogens is 2.